The van der Waals surface area contributed by atoms with E-state index in [0.717, 1.165) is 16.7 Å². The fourth-order valence-corrected chi connectivity index (χ4v) is 3.95. The van der Waals surface area contributed by atoms with Crippen LogP contribution in [0.4, 0.5) is 0 Å². The fourth-order valence-electron chi connectivity index (χ4n) is 2.89. The Hall–Kier alpha value is -2.93. The van der Waals surface area contributed by atoms with Crippen LogP contribution in [0.5, 0.6) is 0 Å². The summed E-state index contributed by atoms with van der Waals surface area (Å²) in [6, 6.07) is 16.5. The molecule has 0 aliphatic rings. The Balaban J connectivity index is 1.49. The first-order valence-electron chi connectivity index (χ1n) is 9.53. The topological polar surface area (TPSA) is 81.1 Å². The molecule has 3 aromatic rings. The van der Waals surface area contributed by atoms with Crippen LogP contribution in [0.2, 0.25) is 0 Å². The number of carbonyl (C=O) groups is 1. The molecule has 0 unspecified atom stereocenters. The van der Waals surface area contributed by atoms with Gasteiger partial charge in [0.25, 0.3) is 0 Å². The molecule has 1 amide bonds. The number of nitrogens with zero attached hydrogens (tertiary/aromatic N) is 2. The van der Waals surface area contributed by atoms with Crippen LogP contribution in [0.15, 0.2) is 71.9 Å². The van der Waals surface area contributed by atoms with Gasteiger partial charge >= 0.3 is 0 Å². The van der Waals surface area contributed by atoms with Crippen LogP contribution in [-0.2, 0) is 27.6 Å². The third kappa shape index (κ3) is 5.32. The lowest BCUT2D eigenvalue weighted by atomic mass is 10.1. The molecule has 0 aliphatic heterocycles. The summed E-state index contributed by atoms with van der Waals surface area (Å²) < 4.78 is 26.1. The minimum absolute atomic E-state index is 0.111. The van der Waals surface area contributed by atoms with Gasteiger partial charge in [-0.1, -0.05) is 42.5 Å². The Morgan fingerprint density at radius 2 is 1.72 bits per heavy atom. The van der Waals surface area contributed by atoms with Crippen molar-refractivity contribution in [3.63, 3.8) is 0 Å². The minimum atomic E-state index is -3.30. The molecule has 0 atom stereocenters. The van der Waals surface area contributed by atoms with E-state index in [9.17, 15) is 13.2 Å². The van der Waals surface area contributed by atoms with Crippen LogP contribution >= 0.6 is 0 Å². The van der Waals surface area contributed by atoms with E-state index in [2.05, 4.69) is 10.4 Å². The van der Waals surface area contributed by atoms with Crippen LogP contribution < -0.4 is 5.32 Å². The molecule has 0 fully saturated rings. The Labute approximate surface area is 171 Å². The molecule has 6 nitrogen and oxygen atoms in total. The molecular weight excluding hydrogens is 386 g/mol. The third-order valence-corrected chi connectivity index (χ3v) is 6.81. The van der Waals surface area contributed by atoms with Gasteiger partial charge in [-0.2, -0.15) is 5.10 Å². The number of nitrogens with one attached hydrogen (secondary N) is 1. The molecule has 1 aromatic heterocycles. The minimum Gasteiger partial charge on any atom is -0.354 e. The van der Waals surface area contributed by atoms with E-state index in [0.29, 0.717) is 13.1 Å². The van der Waals surface area contributed by atoms with Gasteiger partial charge in [-0.15, -0.1) is 0 Å². The number of hydrogen-bond donors (Lipinski definition) is 1. The van der Waals surface area contributed by atoms with Crippen LogP contribution in [0.1, 0.15) is 19.4 Å². The maximum absolute atomic E-state index is 12.2. The summed E-state index contributed by atoms with van der Waals surface area (Å²) in [5, 5.41) is 6.73. The number of aromatic nitrogens is 2. The molecule has 0 spiro atoms. The number of benzene rings is 2. The summed E-state index contributed by atoms with van der Waals surface area (Å²) in [4.78, 5) is 12.4. The second-order valence-electron chi connectivity index (χ2n) is 7.12. The Morgan fingerprint density at radius 1 is 1.03 bits per heavy atom. The molecular formula is C22H25N3O3S. The van der Waals surface area contributed by atoms with Crippen LogP contribution in [0, 0.1) is 0 Å². The standard InChI is InChI=1S/C22H25N3O3S/c1-17(2)29(27,28)21-10-8-18(9-11-21)14-22(26)23-12-13-25-16-20(15-24-25)19-6-4-3-5-7-19/h3-11,15-17H,12-14H2,1-2H3,(H,23,26). The molecule has 29 heavy (non-hydrogen) atoms. The van der Waals surface area contributed by atoms with E-state index in [4.69, 9.17) is 0 Å². The summed E-state index contributed by atoms with van der Waals surface area (Å²) in [5.74, 6) is -0.111. The lowest BCUT2D eigenvalue weighted by Crippen LogP contribution is -2.28. The summed E-state index contributed by atoms with van der Waals surface area (Å²) in [6.07, 6.45) is 3.97. The van der Waals surface area contributed by atoms with Crippen molar-refractivity contribution < 1.29 is 13.2 Å². The van der Waals surface area contributed by atoms with Crippen molar-refractivity contribution in [2.45, 2.75) is 37.0 Å². The number of rotatable bonds is 8. The van der Waals surface area contributed by atoms with Gasteiger partial charge in [0.1, 0.15) is 0 Å². The highest BCUT2D eigenvalue weighted by Crippen LogP contribution is 2.18. The van der Waals surface area contributed by atoms with Gasteiger partial charge in [0.15, 0.2) is 9.84 Å². The monoisotopic (exact) mass is 411 g/mol. The Bertz CT molecular complexity index is 1060. The van der Waals surface area contributed by atoms with E-state index in [1.165, 1.54) is 0 Å². The first kappa shape index (κ1) is 20.8. The zero-order chi connectivity index (χ0) is 20.9. The highest BCUT2D eigenvalue weighted by molar-refractivity contribution is 7.92. The zero-order valence-corrected chi connectivity index (χ0v) is 17.4. The van der Waals surface area contributed by atoms with Crippen molar-refractivity contribution in [1.29, 1.82) is 0 Å². The van der Waals surface area contributed by atoms with Gasteiger partial charge in [-0.3, -0.25) is 9.48 Å². The molecule has 0 saturated carbocycles. The van der Waals surface area contributed by atoms with Crippen LogP contribution in [-0.4, -0.2) is 35.9 Å². The van der Waals surface area contributed by atoms with Crippen molar-refractivity contribution in [3.05, 3.63) is 72.6 Å². The zero-order valence-electron chi connectivity index (χ0n) is 16.6. The molecule has 7 heteroatoms. The number of amides is 1. The van der Waals surface area contributed by atoms with E-state index in [1.54, 1.807) is 42.8 Å². The normalized spacial score (nSPS) is 11.6. The molecule has 2 aromatic carbocycles. The van der Waals surface area contributed by atoms with Gasteiger partial charge < -0.3 is 5.32 Å². The quantitative estimate of drug-likeness (QED) is 0.618. The Kier molecular flexibility index (Phi) is 6.49. The van der Waals surface area contributed by atoms with Crippen molar-refractivity contribution >= 4 is 15.7 Å². The van der Waals surface area contributed by atoms with E-state index in [1.807, 2.05) is 42.7 Å². The maximum atomic E-state index is 12.2. The average molecular weight is 412 g/mol. The average Bonchev–Trinajstić information content (AvgIpc) is 3.18. The van der Waals surface area contributed by atoms with Gasteiger partial charge in [0.05, 0.1) is 29.3 Å². The molecule has 0 radical (unpaired) electrons. The maximum Gasteiger partial charge on any atom is 0.224 e. The molecule has 0 aliphatic carbocycles. The van der Waals surface area contributed by atoms with E-state index < -0.39 is 15.1 Å². The molecule has 1 heterocycles. The van der Waals surface area contributed by atoms with E-state index in [-0.39, 0.29) is 17.2 Å². The van der Waals surface area contributed by atoms with Crippen LogP contribution in [0.25, 0.3) is 11.1 Å². The second-order valence-corrected chi connectivity index (χ2v) is 9.63. The Morgan fingerprint density at radius 3 is 2.38 bits per heavy atom. The summed E-state index contributed by atoms with van der Waals surface area (Å²) in [7, 11) is -3.30. The molecule has 0 saturated heterocycles. The third-order valence-electron chi connectivity index (χ3n) is 4.64. The lowest BCUT2D eigenvalue weighted by molar-refractivity contribution is -0.120. The number of sulfone groups is 1. The molecule has 152 valence electrons. The van der Waals surface area contributed by atoms with Gasteiger partial charge in [0, 0.05) is 18.3 Å². The lowest BCUT2D eigenvalue weighted by Gasteiger charge is -2.09. The predicted octanol–water partition coefficient (Wildman–Crippen LogP) is 3.09. The van der Waals surface area contributed by atoms with Crippen molar-refractivity contribution in [2.75, 3.05) is 6.54 Å². The van der Waals surface area contributed by atoms with Crippen molar-refractivity contribution in [3.8, 4) is 11.1 Å². The van der Waals surface area contributed by atoms with Crippen molar-refractivity contribution in [1.82, 2.24) is 15.1 Å². The number of hydrogen-bond acceptors (Lipinski definition) is 4. The SMILES string of the molecule is CC(C)S(=O)(=O)c1ccc(CC(=O)NCCn2cc(-c3ccccc3)cn2)cc1. The van der Waals surface area contributed by atoms with Gasteiger partial charge in [0.2, 0.25) is 5.91 Å². The number of carbonyl (C=O) groups excluding carboxylic acids is 1. The summed E-state index contributed by atoms with van der Waals surface area (Å²) in [5.41, 5.74) is 2.91. The smallest absolute Gasteiger partial charge is 0.224 e. The molecule has 0 bridgehead atoms. The van der Waals surface area contributed by atoms with Gasteiger partial charge in [-0.05, 0) is 37.1 Å². The summed E-state index contributed by atoms with van der Waals surface area (Å²) in [6.45, 7) is 4.34. The van der Waals surface area contributed by atoms with Crippen LogP contribution in [0.3, 0.4) is 0 Å². The highest BCUT2D eigenvalue weighted by atomic mass is 32.2. The predicted molar refractivity (Wildman–Crippen MR) is 113 cm³/mol. The molecule has 1 N–H and O–H groups in total. The van der Waals surface area contributed by atoms with E-state index >= 15 is 0 Å². The molecule has 3 rings (SSSR count). The summed E-state index contributed by atoms with van der Waals surface area (Å²) >= 11 is 0. The second kappa shape index (κ2) is 9.05. The van der Waals surface area contributed by atoms with Gasteiger partial charge in [-0.25, -0.2) is 8.42 Å². The largest absolute Gasteiger partial charge is 0.354 e. The first-order chi connectivity index (χ1) is 13.9. The first-order valence-corrected chi connectivity index (χ1v) is 11.1. The fraction of sp³-hybridized carbons (Fsp3) is 0.273. The highest BCUT2D eigenvalue weighted by Gasteiger charge is 2.18. The van der Waals surface area contributed by atoms with Crippen molar-refractivity contribution in [2.24, 2.45) is 0 Å².